The van der Waals surface area contributed by atoms with E-state index in [9.17, 15) is 0 Å². The number of anilines is 2. The van der Waals surface area contributed by atoms with Gasteiger partial charge in [0.2, 0.25) is 0 Å². The van der Waals surface area contributed by atoms with Gasteiger partial charge in [-0.3, -0.25) is 0 Å². The van der Waals surface area contributed by atoms with Gasteiger partial charge < -0.3 is 10.1 Å². The molecule has 0 fully saturated rings. The van der Waals surface area contributed by atoms with E-state index in [1.807, 2.05) is 18.2 Å². The summed E-state index contributed by atoms with van der Waals surface area (Å²) in [6, 6.07) is 8.09. The molecule has 0 aliphatic carbocycles. The van der Waals surface area contributed by atoms with Gasteiger partial charge in [0.25, 0.3) is 0 Å². The van der Waals surface area contributed by atoms with Crippen LogP contribution in [-0.4, -0.2) is 17.3 Å². The number of para-hydroxylation sites is 1. The van der Waals surface area contributed by atoms with Gasteiger partial charge in [0, 0.05) is 4.90 Å². The van der Waals surface area contributed by atoms with Crippen molar-refractivity contribution in [2.24, 2.45) is 0 Å². The molecule has 1 aromatic heterocycles. The third-order valence-electron chi connectivity index (χ3n) is 2.34. The maximum atomic E-state index is 5.26. The van der Waals surface area contributed by atoms with E-state index in [2.05, 4.69) is 21.6 Å². The molecule has 0 saturated carbocycles. The Labute approximate surface area is 97.0 Å². The lowest BCUT2D eigenvalue weighted by Crippen LogP contribution is -2.04. The SMILES string of the molecule is COc1cnnc2c1Sc1ccccc1N2. The summed E-state index contributed by atoms with van der Waals surface area (Å²) in [5.41, 5.74) is 1.06. The van der Waals surface area contributed by atoms with Gasteiger partial charge in [-0.1, -0.05) is 23.9 Å². The maximum Gasteiger partial charge on any atom is 0.170 e. The van der Waals surface area contributed by atoms with E-state index in [4.69, 9.17) is 4.74 Å². The molecule has 3 rings (SSSR count). The van der Waals surface area contributed by atoms with Crippen LogP contribution in [0.1, 0.15) is 0 Å². The number of methoxy groups -OCH3 is 1. The van der Waals surface area contributed by atoms with Crippen LogP contribution in [0.4, 0.5) is 11.5 Å². The van der Waals surface area contributed by atoms with Crippen LogP contribution in [-0.2, 0) is 0 Å². The van der Waals surface area contributed by atoms with Crippen molar-refractivity contribution in [2.45, 2.75) is 9.79 Å². The summed E-state index contributed by atoms with van der Waals surface area (Å²) >= 11 is 1.64. The Hall–Kier alpha value is -1.75. The summed E-state index contributed by atoms with van der Waals surface area (Å²) in [5.74, 6) is 1.50. The van der Waals surface area contributed by atoms with Crippen molar-refractivity contribution >= 4 is 23.3 Å². The maximum absolute atomic E-state index is 5.26. The third-order valence-corrected chi connectivity index (χ3v) is 3.52. The summed E-state index contributed by atoms with van der Waals surface area (Å²) < 4.78 is 5.26. The molecule has 5 heteroatoms. The van der Waals surface area contributed by atoms with E-state index in [0.717, 1.165) is 22.2 Å². The van der Waals surface area contributed by atoms with Gasteiger partial charge in [-0.05, 0) is 12.1 Å². The number of nitrogens with one attached hydrogen (secondary N) is 1. The van der Waals surface area contributed by atoms with Crippen molar-refractivity contribution < 1.29 is 4.74 Å². The molecule has 1 aliphatic heterocycles. The lowest BCUT2D eigenvalue weighted by atomic mass is 10.3. The molecule has 1 aliphatic rings. The Balaban J connectivity index is 2.12. The van der Waals surface area contributed by atoms with Gasteiger partial charge in [-0.15, -0.1) is 5.10 Å². The fraction of sp³-hybridized carbons (Fsp3) is 0.0909. The number of hydrogen-bond donors (Lipinski definition) is 1. The lowest BCUT2D eigenvalue weighted by molar-refractivity contribution is 0.401. The van der Waals surface area contributed by atoms with E-state index in [1.165, 1.54) is 4.90 Å². The van der Waals surface area contributed by atoms with Crippen molar-refractivity contribution in [2.75, 3.05) is 12.4 Å². The quantitative estimate of drug-likeness (QED) is 0.697. The Morgan fingerprint density at radius 3 is 3.06 bits per heavy atom. The first-order valence-corrected chi connectivity index (χ1v) is 5.63. The summed E-state index contributed by atoms with van der Waals surface area (Å²) in [7, 11) is 1.64. The van der Waals surface area contributed by atoms with E-state index >= 15 is 0 Å². The fourth-order valence-corrected chi connectivity index (χ4v) is 2.60. The van der Waals surface area contributed by atoms with Crippen LogP contribution >= 0.6 is 11.8 Å². The highest BCUT2D eigenvalue weighted by atomic mass is 32.2. The van der Waals surface area contributed by atoms with Crippen LogP contribution in [0, 0.1) is 0 Å². The predicted octanol–water partition coefficient (Wildman–Crippen LogP) is 2.69. The van der Waals surface area contributed by atoms with Crippen molar-refractivity contribution in [3.05, 3.63) is 30.5 Å². The Morgan fingerprint density at radius 2 is 2.19 bits per heavy atom. The molecule has 1 N–H and O–H groups in total. The van der Waals surface area contributed by atoms with Gasteiger partial charge in [0.1, 0.15) is 4.90 Å². The summed E-state index contributed by atoms with van der Waals surface area (Å²) in [5, 5.41) is 11.2. The molecule has 4 nitrogen and oxygen atoms in total. The Kier molecular flexibility index (Phi) is 2.18. The van der Waals surface area contributed by atoms with Crippen LogP contribution in [0.2, 0.25) is 0 Å². The number of fused-ring (bicyclic) bond motifs is 2. The molecule has 0 saturated heterocycles. The molecular formula is C11H9N3OS. The zero-order chi connectivity index (χ0) is 11.0. The number of hydrogen-bond acceptors (Lipinski definition) is 5. The first kappa shape index (κ1) is 9.47. The van der Waals surface area contributed by atoms with Crippen LogP contribution in [0.5, 0.6) is 5.75 Å². The molecule has 2 aromatic rings. The molecule has 0 unspecified atom stereocenters. The first-order valence-electron chi connectivity index (χ1n) is 4.82. The number of benzene rings is 1. The second-order valence-electron chi connectivity index (χ2n) is 3.31. The van der Waals surface area contributed by atoms with Crippen molar-refractivity contribution in [3.8, 4) is 5.75 Å². The average molecular weight is 231 g/mol. The van der Waals surface area contributed by atoms with Gasteiger partial charge >= 0.3 is 0 Å². The fourth-order valence-electron chi connectivity index (χ4n) is 1.58. The molecule has 0 radical (unpaired) electrons. The minimum Gasteiger partial charge on any atom is -0.494 e. The lowest BCUT2D eigenvalue weighted by Gasteiger charge is -2.20. The van der Waals surface area contributed by atoms with E-state index in [-0.39, 0.29) is 0 Å². The van der Waals surface area contributed by atoms with Crippen LogP contribution in [0.25, 0.3) is 0 Å². The highest BCUT2D eigenvalue weighted by Gasteiger charge is 2.20. The minimum absolute atomic E-state index is 0.747. The van der Waals surface area contributed by atoms with Gasteiger partial charge in [0.05, 0.1) is 19.0 Å². The molecule has 0 spiro atoms. The van der Waals surface area contributed by atoms with Crippen LogP contribution in [0.3, 0.4) is 0 Å². The standard InChI is InChI=1S/C11H9N3OS/c1-15-8-6-12-14-11-10(8)16-9-5-3-2-4-7(9)13-11/h2-6H,1H3,(H,13,14). The van der Waals surface area contributed by atoms with E-state index in [1.54, 1.807) is 25.1 Å². The van der Waals surface area contributed by atoms with Crippen LogP contribution < -0.4 is 10.1 Å². The van der Waals surface area contributed by atoms with Crippen molar-refractivity contribution in [1.82, 2.24) is 10.2 Å². The predicted molar refractivity (Wildman–Crippen MR) is 62.4 cm³/mol. The molecular weight excluding hydrogens is 222 g/mol. The molecule has 80 valence electrons. The Bertz CT molecular complexity index is 545. The number of nitrogens with zero attached hydrogens (tertiary/aromatic N) is 2. The van der Waals surface area contributed by atoms with Crippen molar-refractivity contribution in [3.63, 3.8) is 0 Å². The second-order valence-corrected chi connectivity index (χ2v) is 4.37. The van der Waals surface area contributed by atoms with E-state index < -0.39 is 0 Å². The molecule has 2 heterocycles. The zero-order valence-electron chi connectivity index (χ0n) is 8.60. The summed E-state index contributed by atoms with van der Waals surface area (Å²) in [6.07, 6.45) is 1.63. The normalized spacial score (nSPS) is 12.3. The third kappa shape index (κ3) is 1.40. The number of rotatable bonds is 1. The van der Waals surface area contributed by atoms with Gasteiger partial charge in [-0.2, -0.15) is 5.10 Å². The molecule has 0 amide bonds. The highest BCUT2D eigenvalue weighted by Crippen LogP contribution is 2.46. The largest absolute Gasteiger partial charge is 0.494 e. The molecule has 0 atom stereocenters. The average Bonchev–Trinajstić information content (AvgIpc) is 2.35. The molecule has 0 bridgehead atoms. The zero-order valence-corrected chi connectivity index (χ0v) is 9.41. The first-order chi connectivity index (χ1) is 7.88. The topological polar surface area (TPSA) is 47.0 Å². The molecule has 16 heavy (non-hydrogen) atoms. The number of ether oxygens (including phenoxy) is 1. The Morgan fingerprint density at radius 1 is 1.31 bits per heavy atom. The van der Waals surface area contributed by atoms with Gasteiger partial charge in [-0.25, -0.2) is 0 Å². The monoisotopic (exact) mass is 231 g/mol. The summed E-state index contributed by atoms with van der Waals surface area (Å²) in [6.45, 7) is 0. The summed E-state index contributed by atoms with van der Waals surface area (Å²) in [4.78, 5) is 2.15. The van der Waals surface area contributed by atoms with Crippen molar-refractivity contribution in [1.29, 1.82) is 0 Å². The van der Waals surface area contributed by atoms with Gasteiger partial charge in [0.15, 0.2) is 11.6 Å². The minimum atomic E-state index is 0.747. The number of aromatic nitrogens is 2. The van der Waals surface area contributed by atoms with Crippen LogP contribution in [0.15, 0.2) is 40.3 Å². The van der Waals surface area contributed by atoms with E-state index in [0.29, 0.717) is 0 Å². The smallest absolute Gasteiger partial charge is 0.170 e. The second kappa shape index (κ2) is 3.68. The molecule has 1 aromatic carbocycles. The highest BCUT2D eigenvalue weighted by molar-refractivity contribution is 7.99.